The highest BCUT2D eigenvalue weighted by Gasteiger charge is 2.31. The molecule has 0 radical (unpaired) electrons. The number of nitro benzene ring substituents is 1. The summed E-state index contributed by atoms with van der Waals surface area (Å²) < 4.78 is 13.8. The molecule has 5 nitrogen and oxygen atoms in total. The molecule has 0 bridgehead atoms. The molecule has 0 aromatic heterocycles. The summed E-state index contributed by atoms with van der Waals surface area (Å²) >= 11 is 0. The quantitative estimate of drug-likeness (QED) is 0.682. The topological polar surface area (TPSA) is 58.4 Å². The Bertz CT molecular complexity index is 523. The minimum atomic E-state index is -0.496. The third-order valence-electron chi connectivity index (χ3n) is 4.34. The van der Waals surface area contributed by atoms with Crippen LogP contribution in [0.2, 0.25) is 0 Å². The van der Waals surface area contributed by atoms with Gasteiger partial charge in [0.25, 0.3) is 5.69 Å². The first-order valence-electron chi connectivity index (χ1n) is 7.08. The summed E-state index contributed by atoms with van der Waals surface area (Å²) in [7, 11) is 0. The van der Waals surface area contributed by atoms with Gasteiger partial charge in [0.1, 0.15) is 5.82 Å². The van der Waals surface area contributed by atoms with E-state index in [1.54, 1.807) is 0 Å². The second kappa shape index (κ2) is 5.36. The molecule has 2 atom stereocenters. The van der Waals surface area contributed by atoms with Crippen LogP contribution in [0.25, 0.3) is 0 Å². The zero-order valence-corrected chi connectivity index (χ0v) is 11.2. The van der Waals surface area contributed by atoms with E-state index in [1.807, 2.05) is 0 Å². The van der Waals surface area contributed by atoms with Gasteiger partial charge in [0.2, 0.25) is 0 Å². The number of nitro groups is 1. The Morgan fingerprint density at radius 2 is 2.20 bits per heavy atom. The molecule has 2 fully saturated rings. The molecule has 1 aromatic carbocycles. The summed E-state index contributed by atoms with van der Waals surface area (Å²) in [6.07, 6.45) is 4.39. The van der Waals surface area contributed by atoms with Gasteiger partial charge in [-0.1, -0.05) is 0 Å². The van der Waals surface area contributed by atoms with Crippen molar-refractivity contribution in [2.75, 3.05) is 18.4 Å². The lowest BCUT2D eigenvalue weighted by Gasteiger charge is -2.35. The van der Waals surface area contributed by atoms with Gasteiger partial charge in [-0.15, -0.1) is 0 Å². The van der Waals surface area contributed by atoms with Crippen LogP contribution >= 0.6 is 0 Å². The lowest BCUT2D eigenvalue weighted by atomic mass is 9.97. The minimum Gasteiger partial charge on any atom is -0.380 e. The number of halogens is 1. The van der Waals surface area contributed by atoms with Crippen LogP contribution in [0.1, 0.15) is 25.7 Å². The number of anilines is 1. The van der Waals surface area contributed by atoms with Gasteiger partial charge >= 0.3 is 0 Å². The number of nitrogens with one attached hydrogen (secondary N) is 1. The first-order valence-corrected chi connectivity index (χ1v) is 7.08. The van der Waals surface area contributed by atoms with Gasteiger partial charge in [0.15, 0.2) is 0 Å². The van der Waals surface area contributed by atoms with Crippen molar-refractivity contribution >= 4 is 11.4 Å². The monoisotopic (exact) mass is 279 g/mol. The van der Waals surface area contributed by atoms with Crippen molar-refractivity contribution in [1.82, 2.24) is 4.90 Å². The predicted octanol–water partition coefficient (Wildman–Crippen LogP) is 2.77. The van der Waals surface area contributed by atoms with E-state index >= 15 is 0 Å². The Labute approximate surface area is 116 Å². The molecule has 1 N–H and O–H groups in total. The normalized spacial score (nSPS) is 26.2. The number of hydrogen-bond donors (Lipinski definition) is 1. The van der Waals surface area contributed by atoms with Crippen molar-refractivity contribution in [3.63, 3.8) is 0 Å². The van der Waals surface area contributed by atoms with Gasteiger partial charge in [0.05, 0.1) is 10.6 Å². The summed E-state index contributed by atoms with van der Waals surface area (Å²) in [5.41, 5.74) is 0.169. The molecule has 0 spiro atoms. The average molecular weight is 279 g/mol. The van der Waals surface area contributed by atoms with Crippen LogP contribution in [0.5, 0.6) is 0 Å². The van der Waals surface area contributed by atoms with E-state index in [2.05, 4.69) is 10.2 Å². The predicted molar refractivity (Wildman–Crippen MR) is 74.3 cm³/mol. The first-order chi connectivity index (χ1) is 9.63. The van der Waals surface area contributed by atoms with Crippen molar-refractivity contribution in [2.45, 2.75) is 37.8 Å². The molecule has 108 valence electrons. The maximum Gasteiger partial charge on any atom is 0.271 e. The lowest BCUT2D eigenvalue weighted by Crippen LogP contribution is -2.42. The Morgan fingerprint density at radius 1 is 1.35 bits per heavy atom. The maximum atomic E-state index is 13.8. The molecule has 0 amide bonds. The standard InChI is InChI=1S/C14H18FN3O2/c15-13-4-3-12(18(19)20)9-14(13)16-10-5-7-17-6-1-2-11(17)8-10/h3-4,9-11,16H,1-2,5-8H2. The molecular formula is C14H18FN3O2. The SMILES string of the molecule is O=[N+]([O-])c1ccc(F)c(NC2CCN3CCCC3C2)c1. The molecular weight excluding hydrogens is 261 g/mol. The van der Waals surface area contributed by atoms with Gasteiger partial charge in [-0.2, -0.15) is 0 Å². The highest BCUT2D eigenvalue weighted by Crippen LogP contribution is 2.30. The fourth-order valence-corrected chi connectivity index (χ4v) is 3.31. The van der Waals surface area contributed by atoms with Crippen LogP contribution in [0.15, 0.2) is 18.2 Å². The van der Waals surface area contributed by atoms with Gasteiger partial charge in [-0.25, -0.2) is 4.39 Å². The van der Waals surface area contributed by atoms with E-state index in [0.717, 1.165) is 25.5 Å². The number of piperidine rings is 1. The van der Waals surface area contributed by atoms with Crippen molar-refractivity contribution in [3.05, 3.63) is 34.1 Å². The second-order valence-corrected chi connectivity index (χ2v) is 5.62. The fraction of sp³-hybridized carbons (Fsp3) is 0.571. The molecule has 2 aliphatic rings. The molecule has 2 aliphatic heterocycles. The van der Waals surface area contributed by atoms with E-state index in [9.17, 15) is 14.5 Å². The second-order valence-electron chi connectivity index (χ2n) is 5.62. The van der Waals surface area contributed by atoms with Crippen LogP contribution in [0, 0.1) is 15.9 Å². The van der Waals surface area contributed by atoms with Crippen molar-refractivity contribution < 1.29 is 9.31 Å². The number of nitrogens with zero attached hydrogens (tertiary/aromatic N) is 2. The van der Waals surface area contributed by atoms with Gasteiger partial charge < -0.3 is 10.2 Å². The van der Waals surface area contributed by atoms with E-state index in [1.165, 1.54) is 31.5 Å². The van der Waals surface area contributed by atoms with Crippen molar-refractivity contribution in [1.29, 1.82) is 0 Å². The molecule has 20 heavy (non-hydrogen) atoms. The molecule has 1 aromatic rings. The third-order valence-corrected chi connectivity index (χ3v) is 4.34. The molecule has 2 unspecified atom stereocenters. The number of hydrogen-bond acceptors (Lipinski definition) is 4. The summed E-state index contributed by atoms with van der Waals surface area (Å²) in [4.78, 5) is 12.7. The minimum absolute atomic E-state index is 0.0767. The zero-order chi connectivity index (χ0) is 14.1. The highest BCUT2D eigenvalue weighted by molar-refractivity contribution is 5.52. The highest BCUT2D eigenvalue weighted by atomic mass is 19.1. The third kappa shape index (κ3) is 2.60. The molecule has 2 saturated heterocycles. The molecule has 2 heterocycles. The molecule has 6 heteroatoms. The van der Waals surface area contributed by atoms with Crippen LogP contribution in [-0.4, -0.2) is 35.0 Å². The van der Waals surface area contributed by atoms with Crippen LogP contribution < -0.4 is 5.32 Å². The summed E-state index contributed by atoms with van der Waals surface area (Å²) in [5, 5.41) is 13.9. The molecule has 3 rings (SSSR count). The van der Waals surface area contributed by atoms with Crippen molar-refractivity contribution in [3.8, 4) is 0 Å². The Balaban J connectivity index is 1.71. The smallest absolute Gasteiger partial charge is 0.271 e. The number of fused-ring (bicyclic) bond motifs is 1. The van der Waals surface area contributed by atoms with Gasteiger partial charge in [-0.3, -0.25) is 10.1 Å². The molecule has 0 aliphatic carbocycles. The van der Waals surface area contributed by atoms with Gasteiger partial charge in [0, 0.05) is 30.8 Å². The van der Waals surface area contributed by atoms with Gasteiger partial charge in [-0.05, 0) is 38.3 Å². The summed E-state index contributed by atoms with van der Waals surface area (Å²) in [6.45, 7) is 2.20. The summed E-state index contributed by atoms with van der Waals surface area (Å²) in [5.74, 6) is -0.426. The number of non-ortho nitro benzene ring substituents is 1. The van der Waals surface area contributed by atoms with E-state index in [4.69, 9.17) is 0 Å². The van der Waals surface area contributed by atoms with Crippen molar-refractivity contribution in [2.24, 2.45) is 0 Å². The first kappa shape index (κ1) is 13.3. The zero-order valence-electron chi connectivity index (χ0n) is 11.2. The molecule has 0 saturated carbocycles. The maximum absolute atomic E-state index is 13.8. The Kier molecular flexibility index (Phi) is 3.56. The fourth-order valence-electron chi connectivity index (χ4n) is 3.31. The Hall–Kier alpha value is -1.69. The lowest BCUT2D eigenvalue weighted by molar-refractivity contribution is -0.384. The van der Waals surface area contributed by atoms with E-state index < -0.39 is 10.7 Å². The van der Waals surface area contributed by atoms with E-state index in [0.29, 0.717) is 6.04 Å². The van der Waals surface area contributed by atoms with Crippen LogP contribution in [-0.2, 0) is 0 Å². The number of rotatable bonds is 3. The van der Waals surface area contributed by atoms with Crippen LogP contribution in [0.4, 0.5) is 15.8 Å². The summed E-state index contributed by atoms with van der Waals surface area (Å²) in [6, 6.07) is 4.43. The largest absolute Gasteiger partial charge is 0.380 e. The Morgan fingerprint density at radius 3 is 3.00 bits per heavy atom. The average Bonchev–Trinajstić information content (AvgIpc) is 2.88. The van der Waals surface area contributed by atoms with Crippen LogP contribution in [0.3, 0.4) is 0 Å². The number of benzene rings is 1. The van der Waals surface area contributed by atoms with E-state index in [-0.39, 0.29) is 17.4 Å².